The van der Waals surface area contributed by atoms with Crippen LogP contribution in [0, 0.1) is 12.3 Å². The molecule has 3 aromatic rings. The van der Waals surface area contributed by atoms with Gasteiger partial charge in [-0.3, -0.25) is 14.9 Å². The molecule has 1 aromatic heterocycles. The van der Waals surface area contributed by atoms with E-state index in [-0.39, 0.29) is 30.6 Å². The standard InChI is InChI=1S/C23H18N4O6/c1-2-11-27(12-19(28)29)22(30)20-21(26-33-25-20)24-23(31)32-13-18-16-9-5-3-7-14(16)15-8-4-6-10-17(15)18/h1,3-10,18H,11-13H2,(H,28,29)(H,24,26,31). The maximum atomic E-state index is 12.6. The highest BCUT2D eigenvalue weighted by Crippen LogP contribution is 2.44. The van der Waals surface area contributed by atoms with Crippen molar-refractivity contribution < 1.29 is 28.9 Å². The maximum absolute atomic E-state index is 12.6. The number of amides is 2. The average Bonchev–Trinajstić information content (AvgIpc) is 3.39. The van der Waals surface area contributed by atoms with Crippen molar-refractivity contribution in [3.63, 3.8) is 0 Å². The van der Waals surface area contributed by atoms with E-state index in [0.29, 0.717) is 0 Å². The summed E-state index contributed by atoms with van der Waals surface area (Å²) in [6.45, 7) is -0.876. The molecule has 2 aromatic carbocycles. The predicted molar refractivity (Wildman–Crippen MR) is 115 cm³/mol. The molecular weight excluding hydrogens is 428 g/mol. The van der Waals surface area contributed by atoms with Crippen LogP contribution in [0.4, 0.5) is 10.6 Å². The van der Waals surface area contributed by atoms with Gasteiger partial charge in [-0.2, -0.15) is 0 Å². The summed E-state index contributed by atoms with van der Waals surface area (Å²) in [4.78, 5) is 36.9. The first-order valence-corrected chi connectivity index (χ1v) is 9.88. The van der Waals surface area contributed by atoms with Crippen molar-refractivity contribution in [2.45, 2.75) is 5.92 Å². The first-order valence-electron chi connectivity index (χ1n) is 9.88. The van der Waals surface area contributed by atoms with Gasteiger partial charge in [-0.25, -0.2) is 9.42 Å². The summed E-state index contributed by atoms with van der Waals surface area (Å²) < 4.78 is 9.96. The molecule has 1 heterocycles. The molecule has 1 aliphatic carbocycles. The zero-order valence-corrected chi connectivity index (χ0v) is 17.2. The summed E-state index contributed by atoms with van der Waals surface area (Å²) in [7, 11) is 0. The molecule has 0 aliphatic heterocycles. The lowest BCUT2D eigenvalue weighted by molar-refractivity contribution is -0.137. The van der Waals surface area contributed by atoms with Crippen LogP contribution in [0.25, 0.3) is 11.1 Å². The molecule has 0 saturated heterocycles. The molecule has 1 aliphatic rings. The number of fused-ring (bicyclic) bond motifs is 3. The van der Waals surface area contributed by atoms with Crippen LogP contribution in [0.2, 0.25) is 0 Å². The third-order valence-electron chi connectivity index (χ3n) is 5.15. The van der Waals surface area contributed by atoms with Crippen LogP contribution in [0.3, 0.4) is 0 Å². The molecule has 166 valence electrons. The Kier molecular flexibility index (Phi) is 6.04. The fourth-order valence-electron chi connectivity index (χ4n) is 3.76. The minimum Gasteiger partial charge on any atom is -0.480 e. The van der Waals surface area contributed by atoms with E-state index < -0.39 is 24.5 Å². The number of carboxylic acid groups (broad SMARTS) is 1. The lowest BCUT2D eigenvalue weighted by Gasteiger charge is -2.16. The van der Waals surface area contributed by atoms with Gasteiger partial charge in [0.25, 0.3) is 5.91 Å². The fraction of sp³-hybridized carbons (Fsp3) is 0.174. The molecule has 33 heavy (non-hydrogen) atoms. The highest BCUT2D eigenvalue weighted by atomic mass is 16.6. The molecule has 0 bridgehead atoms. The van der Waals surface area contributed by atoms with Crippen molar-refractivity contribution in [2.24, 2.45) is 0 Å². The monoisotopic (exact) mass is 446 g/mol. The summed E-state index contributed by atoms with van der Waals surface area (Å²) >= 11 is 0. The molecule has 4 rings (SSSR count). The van der Waals surface area contributed by atoms with Gasteiger partial charge in [-0.15, -0.1) is 6.42 Å². The number of hydrogen-bond donors (Lipinski definition) is 2. The Balaban J connectivity index is 1.45. The number of anilines is 1. The number of ether oxygens (including phenoxy) is 1. The summed E-state index contributed by atoms with van der Waals surface area (Å²) in [5.41, 5.74) is 3.87. The van der Waals surface area contributed by atoms with E-state index in [1.54, 1.807) is 0 Å². The summed E-state index contributed by atoms with van der Waals surface area (Å²) in [5, 5.41) is 18.3. The minimum atomic E-state index is -1.26. The quantitative estimate of drug-likeness (QED) is 0.529. The molecule has 0 saturated carbocycles. The van der Waals surface area contributed by atoms with E-state index in [9.17, 15) is 14.4 Å². The van der Waals surface area contributed by atoms with Crippen molar-refractivity contribution >= 4 is 23.8 Å². The van der Waals surface area contributed by atoms with E-state index in [0.717, 1.165) is 27.2 Å². The maximum Gasteiger partial charge on any atom is 0.412 e. The molecule has 0 radical (unpaired) electrons. The van der Waals surface area contributed by atoms with Crippen molar-refractivity contribution in [1.82, 2.24) is 15.2 Å². The number of benzene rings is 2. The van der Waals surface area contributed by atoms with Crippen LogP contribution >= 0.6 is 0 Å². The smallest absolute Gasteiger partial charge is 0.412 e. The lowest BCUT2D eigenvalue weighted by atomic mass is 9.98. The van der Waals surface area contributed by atoms with Gasteiger partial charge in [0.05, 0.1) is 6.54 Å². The van der Waals surface area contributed by atoms with Crippen LogP contribution in [-0.2, 0) is 9.53 Å². The first kappa shape index (κ1) is 21.6. The van der Waals surface area contributed by atoms with Crippen LogP contribution in [0.5, 0.6) is 0 Å². The lowest BCUT2D eigenvalue weighted by Crippen LogP contribution is -2.36. The van der Waals surface area contributed by atoms with Crippen LogP contribution in [0.15, 0.2) is 53.2 Å². The largest absolute Gasteiger partial charge is 0.480 e. The van der Waals surface area contributed by atoms with Gasteiger partial charge in [0.1, 0.15) is 13.2 Å². The van der Waals surface area contributed by atoms with E-state index in [1.807, 2.05) is 48.5 Å². The van der Waals surface area contributed by atoms with Crippen LogP contribution in [-0.4, -0.2) is 58.0 Å². The number of nitrogens with zero attached hydrogens (tertiary/aromatic N) is 3. The molecule has 0 spiro atoms. The van der Waals surface area contributed by atoms with Gasteiger partial charge >= 0.3 is 12.1 Å². The second-order valence-corrected chi connectivity index (χ2v) is 7.17. The Labute approximate surface area is 188 Å². The molecular formula is C23H18N4O6. The van der Waals surface area contributed by atoms with Gasteiger partial charge in [0.15, 0.2) is 0 Å². The van der Waals surface area contributed by atoms with E-state index >= 15 is 0 Å². The predicted octanol–water partition coefficient (Wildman–Crippen LogP) is 2.59. The number of carbonyl (C=O) groups is 3. The minimum absolute atomic E-state index is 0.0522. The van der Waals surface area contributed by atoms with Gasteiger partial charge in [0, 0.05) is 5.92 Å². The van der Waals surface area contributed by atoms with E-state index in [4.69, 9.17) is 16.3 Å². The van der Waals surface area contributed by atoms with Gasteiger partial charge in [0.2, 0.25) is 11.5 Å². The third-order valence-corrected chi connectivity index (χ3v) is 5.15. The normalized spacial score (nSPS) is 11.7. The van der Waals surface area contributed by atoms with Gasteiger partial charge in [-0.05, 0) is 32.6 Å². The topological polar surface area (TPSA) is 135 Å². The summed E-state index contributed by atoms with van der Waals surface area (Å²) in [5.74, 6) is -0.377. The van der Waals surface area contributed by atoms with Crippen molar-refractivity contribution in [1.29, 1.82) is 0 Å². The van der Waals surface area contributed by atoms with Crippen molar-refractivity contribution in [2.75, 3.05) is 25.0 Å². The number of nitrogens with one attached hydrogen (secondary N) is 1. The number of terminal acetylenes is 1. The summed E-state index contributed by atoms with van der Waals surface area (Å²) in [6, 6.07) is 15.8. The van der Waals surface area contributed by atoms with Crippen LogP contribution in [0.1, 0.15) is 27.5 Å². The highest BCUT2D eigenvalue weighted by molar-refractivity contribution is 6.00. The van der Waals surface area contributed by atoms with Crippen LogP contribution < -0.4 is 5.32 Å². The van der Waals surface area contributed by atoms with Crippen molar-refractivity contribution in [3.05, 3.63) is 65.4 Å². The van der Waals surface area contributed by atoms with E-state index in [1.165, 1.54) is 0 Å². The Hall–Kier alpha value is -4.65. The zero-order valence-electron chi connectivity index (χ0n) is 17.2. The van der Waals surface area contributed by atoms with Gasteiger partial charge < -0.3 is 14.7 Å². The average molecular weight is 446 g/mol. The number of aliphatic carboxylic acids is 1. The number of carboxylic acids is 1. The number of aromatic nitrogens is 2. The Morgan fingerprint density at radius 1 is 1.09 bits per heavy atom. The van der Waals surface area contributed by atoms with Crippen molar-refractivity contribution in [3.8, 4) is 23.5 Å². The third kappa shape index (κ3) is 4.38. The molecule has 0 unspecified atom stereocenters. The Morgan fingerprint density at radius 3 is 2.33 bits per heavy atom. The zero-order chi connectivity index (χ0) is 23.4. The number of rotatable bonds is 7. The summed E-state index contributed by atoms with van der Waals surface area (Å²) in [6.07, 6.45) is 4.32. The highest BCUT2D eigenvalue weighted by Gasteiger charge is 2.30. The van der Waals surface area contributed by atoms with E-state index in [2.05, 4.69) is 26.2 Å². The number of carbonyl (C=O) groups excluding carboxylic acids is 2. The molecule has 10 nitrogen and oxygen atoms in total. The first-order chi connectivity index (χ1) is 16.0. The number of hydrogen-bond acceptors (Lipinski definition) is 7. The molecule has 2 N–H and O–H groups in total. The fourth-order valence-corrected chi connectivity index (χ4v) is 3.76. The second kappa shape index (κ2) is 9.23. The van der Waals surface area contributed by atoms with Gasteiger partial charge in [-0.1, -0.05) is 54.5 Å². The Morgan fingerprint density at radius 2 is 1.73 bits per heavy atom. The molecule has 2 amide bonds. The molecule has 10 heteroatoms. The SMILES string of the molecule is C#CCN(CC(=O)O)C(=O)c1nonc1NC(=O)OCC1c2ccccc2-c2ccccc21. The second-order valence-electron chi connectivity index (χ2n) is 7.17. The molecule has 0 fully saturated rings. The molecule has 0 atom stereocenters. The Bertz CT molecular complexity index is 1220.